The van der Waals surface area contributed by atoms with Gasteiger partial charge in [0.1, 0.15) is 0 Å². The number of sulfone groups is 1. The highest BCUT2D eigenvalue weighted by molar-refractivity contribution is 9.11. The first-order chi connectivity index (χ1) is 10.3. The van der Waals surface area contributed by atoms with E-state index < -0.39 is 9.84 Å². The second kappa shape index (κ2) is 5.25. The van der Waals surface area contributed by atoms with Crippen molar-refractivity contribution in [1.82, 2.24) is 24.6 Å². The van der Waals surface area contributed by atoms with Gasteiger partial charge in [-0.25, -0.2) is 8.42 Å². The molecule has 0 aliphatic heterocycles. The van der Waals surface area contributed by atoms with Gasteiger partial charge in [-0.1, -0.05) is 15.9 Å². The van der Waals surface area contributed by atoms with Crippen molar-refractivity contribution in [3.63, 3.8) is 0 Å². The molecule has 0 saturated carbocycles. The first kappa shape index (κ1) is 15.3. The van der Waals surface area contributed by atoms with Crippen LogP contribution in [-0.4, -0.2) is 39.2 Å². The van der Waals surface area contributed by atoms with Crippen LogP contribution in [0.25, 0.3) is 17.2 Å². The van der Waals surface area contributed by atoms with E-state index in [1.807, 2.05) is 18.2 Å². The molecule has 2 N–H and O–H groups in total. The molecular weight excluding hydrogens is 440 g/mol. The Balaban J connectivity index is 2.24. The van der Waals surface area contributed by atoms with Gasteiger partial charge in [-0.15, -0.1) is 5.10 Å². The van der Waals surface area contributed by atoms with Crippen LogP contribution in [0, 0.1) is 0 Å². The Morgan fingerprint density at radius 3 is 2.55 bits per heavy atom. The maximum Gasteiger partial charge on any atom is 0.258 e. The van der Waals surface area contributed by atoms with Crippen molar-refractivity contribution >= 4 is 53.4 Å². The van der Waals surface area contributed by atoms with Crippen molar-refractivity contribution in [2.75, 3.05) is 12.0 Å². The molecule has 0 aliphatic rings. The molecule has 0 spiro atoms. The van der Waals surface area contributed by atoms with Crippen molar-refractivity contribution in [1.29, 1.82) is 0 Å². The van der Waals surface area contributed by atoms with E-state index in [-0.39, 0.29) is 16.9 Å². The Labute approximate surface area is 142 Å². The van der Waals surface area contributed by atoms with Gasteiger partial charge in [-0.2, -0.15) is 19.5 Å². The predicted molar refractivity (Wildman–Crippen MR) is 86.9 cm³/mol. The molecule has 2 heterocycles. The van der Waals surface area contributed by atoms with Crippen molar-refractivity contribution in [2.45, 2.75) is 5.16 Å². The van der Waals surface area contributed by atoms with Gasteiger partial charge < -0.3 is 5.73 Å². The molecule has 114 valence electrons. The second-order valence-electron chi connectivity index (χ2n) is 4.41. The first-order valence-electron chi connectivity index (χ1n) is 5.81. The number of benzene rings is 1. The number of anilines is 1. The van der Waals surface area contributed by atoms with E-state index in [1.54, 1.807) is 0 Å². The Morgan fingerprint density at radius 1 is 1.18 bits per heavy atom. The zero-order valence-corrected chi connectivity index (χ0v) is 15.0. The fraction of sp³-hybridized carbons (Fsp3) is 0.0909. The summed E-state index contributed by atoms with van der Waals surface area (Å²) in [5.74, 6) is 0.321. The molecular formula is C11H8Br2N6O2S. The molecule has 0 bridgehead atoms. The van der Waals surface area contributed by atoms with Crippen LogP contribution in [0.3, 0.4) is 0 Å². The molecule has 0 aliphatic carbocycles. The van der Waals surface area contributed by atoms with Crippen molar-refractivity contribution in [3.05, 3.63) is 27.1 Å². The smallest absolute Gasteiger partial charge is 0.258 e. The van der Waals surface area contributed by atoms with Gasteiger partial charge in [0.2, 0.25) is 15.8 Å². The van der Waals surface area contributed by atoms with Crippen LogP contribution in [0.1, 0.15) is 0 Å². The van der Waals surface area contributed by atoms with Gasteiger partial charge in [0, 0.05) is 20.8 Å². The fourth-order valence-electron chi connectivity index (χ4n) is 1.74. The molecule has 11 heteroatoms. The SMILES string of the molecule is CS(=O)(=O)c1nc(N)n2nc(-c3ccc(Br)cc3Br)nc2n1. The molecule has 0 unspecified atom stereocenters. The predicted octanol–water partition coefficient (Wildman–Crippen LogP) is 1.70. The average Bonchev–Trinajstić information content (AvgIpc) is 2.81. The zero-order valence-electron chi connectivity index (χ0n) is 11.0. The maximum absolute atomic E-state index is 11.5. The number of hydrogen-bond acceptors (Lipinski definition) is 7. The lowest BCUT2D eigenvalue weighted by Gasteiger charge is -2.00. The molecule has 3 aromatic rings. The first-order valence-corrected chi connectivity index (χ1v) is 9.29. The summed E-state index contributed by atoms with van der Waals surface area (Å²) in [7, 11) is -3.58. The Bertz CT molecular complexity index is 1000. The van der Waals surface area contributed by atoms with Crippen LogP contribution in [0.15, 0.2) is 32.3 Å². The van der Waals surface area contributed by atoms with E-state index >= 15 is 0 Å². The standard InChI is InChI=1S/C11H8Br2N6O2S/c1-22(20,21)11-16-9(14)19-10(17-11)15-8(18-19)6-3-2-5(12)4-7(6)13/h2-4H,1H3,(H2,14,15,16,17,18). The van der Waals surface area contributed by atoms with E-state index in [0.29, 0.717) is 11.4 Å². The van der Waals surface area contributed by atoms with Crippen LogP contribution in [-0.2, 0) is 9.84 Å². The van der Waals surface area contributed by atoms with Crippen LogP contribution in [0.2, 0.25) is 0 Å². The summed E-state index contributed by atoms with van der Waals surface area (Å²) in [6.45, 7) is 0. The molecule has 0 saturated heterocycles. The number of fused-ring (bicyclic) bond motifs is 1. The molecule has 1 aromatic carbocycles. The van der Waals surface area contributed by atoms with E-state index in [2.05, 4.69) is 51.9 Å². The van der Waals surface area contributed by atoms with Gasteiger partial charge in [0.05, 0.1) is 0 Å². The number of nitrogens with two attached hydrogens (primary N) is 1. The third-order valence-corrected chi connectivity index (χ3v) is 4.71. The summed E-state index contributed by atoms with van der Waals surface area (Å²) >= 11 is 6.78. The highest BCUT2D eigenvalue weighted by Crippen LogP contribution is 2.29. The number of rotatable bonds is 2. The average molecular weight is 448 g/mol. The largest absolute Gasteiger partial charge is 0.368 e. The lowest BCUT2D eigenvalue weighted by atomic mass is 10.2. The lowest BCUT2D eigenvalue weighted by Crippen LogP contribution is -2.11. The van der Waals surface area contributed by atoms with E-state index in [1.165, 1.54) is 4.52 Å². The van der Waals surface area contributed by atoms with E-state index in [0.717, 1.165) is 15.2 Å². The van der Waals surface area contributed by atoms with E-state index in [9.17, 15) is 8.42 Å². The summed E-state index contributed by atoms with van der Waals surface area (Å²) in [4.78, 5) is 11.8. The number of halogens is 2. The molecule has 0 fully saturated rings. The molecule has 8 nitrogen and oxygen atoms in total. The Morgan fingerprint density at radius 2 is 1.91 bits per heavy atom. The molecule has 0 radical (unpaired) electrons. The number of aromatic nitrogens is 5. The minimum absolute atomic E-state index is 0.0674. The lowest BCUT2D eigenvalue weighted by molar-refractivity contribution is 0.592. The third kappa shape index (κ3) is 2.71. The number of hydrogen-bond donors (Lipinski definition) is 1. The van der Waals surface area contributed by atoms with Gasteiger partial charge in [-0.05, 0) is 34.1 Å². The van der Waals surface area contributed by atoms with Crippen molar-refractivity contribution in [2.24, 2.45) is 0 Å². The maximum atomic E-state index is 11.5. The van der Waals surface area contributed by atoms with E-state index in [4.69, 9.17) is 5.73 Å². The quantitative estimate of drug-likeness (QED) is 0.635. The van der Waals surface area contributed by atoms with Crippen molar-refractivity contribution in [3.8, 4) is 11.4 Å². The monoisotopic (exact) mass is 446 g/mol. The van der Waals surface area contributed by atoms with Gasteiger partial charge in [0.25, 0.3) is 10.9 Å². The van der Waals surface area contributed by atoms with Crippen LogP contribution < -0.4 is 5.73 Å². The summed E-state index contributed by atoms with van der Waals surface area (Å²) in [6, 6.07) is 5.49. The molecule has 0 amide bonds. The van der Waals surface area contributed by atoms with Crippen LogP contribution in [0.4, 0.5) is 5.95 Å². The molecule has 3 rings (SSSR count). The number of nitrogen functional groups attached to an aromatic ring is 1. The normalized spacial score (nSPS) is 12.0. The Kier molecular flexibility index (Phi) is 3.65. The summed E-state index contributed by atoms with van der Waals surface area (Å²) in [5, 5.41) is 3.83. The van der Waals surface area contributed by atoms with Crippen LogP contribution >= 0.6 is 31.9 Å². The molecule has 22 heavy (non-hydrogen) atoms. The van der Waals surface area contributed by atoms with Gasteiger partial charge >= 0.3 is 0 Å². The van der Waals surface area contributed by atoms with Crippen LogP contribution in [0.5, 0.6) is 0 Å². The van der Waals surface area contributed by atoms with Gasteiger partial charge in [-0.3, -0.25) is 0 Å². The molecule has 0 atom stereocenters. The Hall–Kier alpha value is -1.59. The fourth-order valence-corrected chi connectivity index (χ4v) is 3.47. The zero-order chi connectivity index (χ0) is 16.1. The third-order valence-electron chi connectivity index (χ3n) is 2.72. The second-order valence-corrected chi connectivity index (χ2v) is 8.09. The summed E-state index contributed by atoms with van der Waals surface area (Å²) < 4.78 is 26.0. The topological polar surface area (TPSA) is 116 Å². The molecule has 2 aromatic heterocycles. The minimum Gasteiger partial charge on any atom is -0.368 e. The van der Waals surface area contributed by atoms with Gasteiger partial charge in [0.15, 0.2) is 5.82 Å². The minimum atomic E-state index is -3.58. The number of nitrogens with zero attached hydrogens (tertiary/aromatic N) is 5. The summed E-state index contributed by atoms with van der Waals surface area (Å²) in [6.07, 6.45) is 1.00. The summed E-state index contributed by atoms with van der Waals surface area (Å²) in [5.41, 5.74) is 6.45. The highest BCUT2D eigenvalue weighted by atomic mass is 79.9. The highest BCUT2D eigenvalue weighted by Gasteiger charge is 2.18. The van der Waals surface area contributed by atoms with Crippen molar-refractivity contribution < 1.29 is 8.42 Å².